The lowest BCUT2D eigenvalue weighted by Gasteiger charge is -2.18. The molecule has 114 valence electrons. The summed E-state index contributed by atoms with van der Waals surface area (Å²) in [5, 5.41) is 22.7. The summed E-state index contributed by atoms with van der Waals surface area (Å²) >= 11 is 5.91. The highest BCUT2D eigenvalue weighted by atomic mass is 35.5. The van der Waals surface area contributed by atoms with Crippen LogP contribution in [0.15, 0.2) is 18.2 Å². The highest BCUT2D eigenvalue weighted by Gasteiger charge is 2.27. The van der Waals surface area contributed by atoms with Crippen molar-refractivity contribution < 1.29 is 14.8 Å². The van der Waals surface area contributed by atoms with Crippen LogP contribution in [0.4, 0.5) is 5.69 Å². The molecular weight excluding hydrogens is 296 g/mol. The Morgan fingerprint density at radius 3 is 2.76 bits per heavy atom. The van der Waals surface area contributed by atoms with Crippen molar-refractivity contribution in [1.82, 2.24) is 5.32 Å². The van der Waals surface area contributed by atoms with Gasteiger partial charge in [0, 0.05) is 25.3 Å². The summed E-state index contributed by atoms with van der Waals surface area (Å²) in [6.07, 6.45) is 3.03. The molecule has 0 spiro atoms. The topological polar surface area (TPSA) is 92.5 Å². The smallest absolute Gasteiger partial charge is 0.270 e. The predicted octanol–water partition coefficient (Wildman–Crippen LogP) is 2.39. The molecule has 2 unspecified atom stereocenters. The number of benzene rings is 1. The first-order valence-corrected chi connectivity index (χ1v) is 7.23. The van der Waals surface area contributed by atoms with Gasteiger partial charge in [0.1, 0.15) is 0 Å². The summed E-state index contributed by atoms with van der Waals surface area (Å²) in [6.45, 7) is 0.621. The van der Waals surface area contributed by atoms with Crippen LogP contribution in [0.1, 0.15) is 29.6 Å². The molecule has 1 aliphatic rings. The van der Waals surface area contributed by atoms with Gasteiger partial charge in [-0.1, -0.05) is 18.0 Å². The molecule has 1 fully saturated rings. The van der Waals surface area contributed by atoms with Gasteiger partial charge in [0.25, 0.3) is 11.6 Å². The molecule has 0 aromatic heterocycles. The van der Waals surface area contributed by atoms with Gasteiger partial charge in [0.05, 0.1) is 15.5 Å². The number of nitro groups is 1. The first-order chi connectivity index (χ1) is 10.0. The van der Waals surface area contributed by atoms with E-state index in [0.29, 0.717) is 6.54 Å². The van der Waals surface area contributed by atoms with E-state index in [0.717, 1.165) is 19.3 Å². The molecule has 2 N–H and O–H groups in total. The van der Waals surface area contributed by atoms with Gasteiger partial charge in [-0.05, 0) is 30.7 Å². The molecule has 1 aromatic rings. The number of halogens is 1. The van der Waals surface area contributed by atoms with Gasteiger partial charge in [-0.25, -0.2) is 0 Å². The highest BCUT2D eigenvalue weighted by Crippen LogP contribution is 2.30. The van der Waals surface area contributed by atoms with Crippen LogP contribution in [0.3, 0.4) is 0 Å². The summed E-state index contributed by atoms with van der Waals surface area (Å²) in [6, 6.07) is 3.78. The second-order valence-corrected chi connectivity index (χ2v) is 5.67. The molecule has 1 amide bonds. The second-order valence-electron chi connectivity index (χ2n) is 5.26. The van der Waals surface area contributed by atoms with E-state index in [1.54, 1.807) is 0 Å². The van der Waals surface area contributed by atoms with Gasteiger partial charge in [0.15, 0.2) is 0 Å². The quantitative estimate of drug-likeness (QED) is 0.645. The van der Waals surface area contributed by atoms with Crippen LogP contribution >= 0.6 is 11.6 Å². The molecule has 1 aromatic carbocycles. The zero-order chi connectivity index (χ0) is 15.4. The van der Waals surface area contributed by atoms with Crippen molar-refractivity contribution in [3.05, 3.63) is 38.9 Å². The highest BCUT2D eigenvalue weighted by molar-refractivity contribution is 6.34. The summed E-state index contributed by atoms with van der Waals surface area (Å²) < 4.78 is 0. The predicted molar refractivity (Wildman–Crippen MR) is 78.4 cm³/mol. The SMILES string of the molecule is O=C(NCC1CCCC1CO)c1ccc([N+](=O)[O-])cc1Cl. The number of rotatable bonds is 5. The third-order valence-corrected chi connectivity index (χ3v) is 4.30. The first-order valence-electron chi connectivity index (χ1n) is 6.86. The Morgan fingerprint density at radius 1 is 1.43 bits per heavy atom. The minimum absolute atomic E-state index is 0.0619. The standard InChI is InChI=1S/C14H17ClN2O4/c15-13-6-11(17(20)21)4-5-12(13)14(19)16-7-9-2-1-3-10(9)8-18/h4-6,9-10,18H,1-3,7-8H2,(H,16,19). The molecule has 0 saturated heterocycles. The normalized spacial score (nSPS) is 21.2. The molecule has 2 atom stereocenters. The maximum Gasteiger partial charge on any atom is 0.270 e. The number of aliphatic hydroxyl groups excluding tert-OH is 1. The number of nitrogens with zero attached hydrogens (tertiary/aromatic N) is 1. The Bertz CT molecular complexity index is 550. The maximum atomic E-state index is 12.1. The summed E-state index contributed by atoms with van der Waals surface area (Å²) in [4.78, 5) is 22.1. The molecule has 0 aliphatic heterocycles. The lowest BCUT2D eigenvalue weighted by molar-refractivity contribution is -0.384. The van der Waals surface area contributed by atoms with E-state index in [1.807, 2.05) is 0 Å². The van der Waals surface area contributed by atoms with Crippen LogP contribution in [0.25, 0.3) is 0 Å². The molecule has 0 heterocycles. The van der Waals surface area contributed by atoms with Crippen molar-refractivity contribution in [1.29, 1.82) is 0 Å². The van der Waals surface area contributed by atoms with Gasteiger partial charge in [-0.2, -0.15) is 0 Å². The number of aliphatic hydroxyl groups is 1. The van der Waals surface area contributed by atoms with Crippen molar-refractivity contribution >= 4 is 23.2 Å². The van der Waals surface area contributed by atoms with Crippen LogP contribution in [0.2, 0.25) is 5.02 Å². The van der Waals surface area contributed by atoms with Crippen molar-refractivity contribution in [2.45, 2.75) is 19.3 Å². The van der Waals surface area contributed by atoms with E-state index in [4.69, 9.17) is 11.6 Å². The van der Waals surface area contributed by atoms with E-state index < -0.39 is 4.92 Å². The molecule has 1 saturated carbocycles. The van der Waals surface area contributed by atoms with Gasteiger partial charge in [0.2, 0.25) is 0 Å². The molecular formula is C14H17ClN2O4. The number of carbonyl (C=O) groups is 1. The van der Waals surface area contributed by atoms with E-state index in [9.17, 15) is 20.0 Å². The van der Waals surface area contributed by atoms with E-state index in [1.165, 1.54) is 18.2 Å². The molecule has 0 bridgehead atoms. The largest absolute Gasteiger partial charge is 0.396 e. The lowest BCUT2D eigenvalue weighted by Crippen LogP contribution is -2.31. The first kappa shape index (κ1) is 15.7. The van der Waals surface area contributed by atoms with E-state index >= 15 is 0 Å². The van der Waals surface area contributed by atoms with Crippen LogP contribution in [-0.2, 0) is 0 Å². The number of hydrogen-bond donors (Lipinski definition) is 2. The summed E-state index contributed by atoms with van der Waals surface area (Å²) in [5.41, 5.74) is 0.0773. The van der Waals surface area contributed by atoms with Crippen molar-refractivity contribution in [3.63, 3.8) is 0 Å². The van der Waals surface area contributed by atoms with Crippen molar-refractivity contribution in [2.24, 2.45) is 11.8 Å². The zero-order valence-corrected chi connectivity index (χ0v) is 12.2. The number of carbonyl (C=O) groups excluding carboxylic acids is 1. The third-order valence-electron chi connectivity index (χ3n) is 3.98. The summed E-state index contributed by atoms with van der Waals surface area (Å²) in [7, 11) is 0. The molecule has 0 radical (unpaired) electrons. The van der Waals surface area contributed by atoms with Crippen LogP contribution < -0.4 is 5.32 Å². The Morgan fingerprint density at radius 2 is 2.14 bits per heavy atom. The van der Waals surface area contributed by atoms with Crippen molar-refractivity contribution in [3.8, 4) is 0 Å². The molecule has 2 rings (SSSR count). The van der Waals surface area contributed by atoms with Gasteiger partial charge in [-0.15, -0.1) is 0 Å². The van der Waals surface area contributed by atoms with Gasteiger partial charge in [-0.3, -0.25) is 14.9 Å². The average Bonchev–Trinajstić information content (AvgIpc) is 2.91. The van der Waals surface area contributed by atoms with E-state index in [-0.39, 0.29) is 40.6 Å². The fourth-order valence-corrected chi connectivity index (χ4v) is 3.00. The monoisotopic (exact) mass is 312 g/mol. The Labute approximate surface area is 127 Å². The summed E-state index contributed by atoms with van der Waals surface area (Å²) in [5.74, 6) is 0.159. The Kier molecular flexibility index (Phi) is 5.14. The number of hydrogen-bond acceptors (Lipinski definition) is 4. The minimum atomic E-state index is -0.558. The maximum absolute atomic E-state index is 12.1. The number of nitro benzene ring substituents is 1. The zero-order valence-electron chi connectivity index (χ0n) is 11.4. The number of amides is 1. The number of non-ortho nitro benzene ring substituents is 1. The average molecular weight is 313 g/mol. The fraction of sp³-hybridized carbons (Fsp3) is 0.500. The van der Waals surface area contributed by atoms with E-state index in [2.05, 4.69) is 5.32 Å². The van der Waals surface area contributed by atoms with Crippen LogP contribution in [-0.4, -0.2) is 29.1 Å². The van der Waals surface area contributed by atoms with Crippen molar-refractivity contribution in [2.75, 3.05) is 13.2 Å². The molecule has 1 aliphatic carbocycles. The molecule has 7 heteroatoms. The number of nitrogens with one attached hydrogen (secondary N) is 1. The minimum Gasteiger partial charge on any atom is -0.396 e. The lowest BCUT2D eigenvalue weighted by atomic mass is 9.97. The van der Waals surface area contributed by atoms with Gasteiger partial charge >= 0.3 is 0 Å². The van der Waals surface area contributed by atoms with Gasteiger partial charge < -0.3 is 10.4 Å². The Hall–Kier alpha value is -1.66. The molecule has 21 heavy (non-hydrogen) atoms. The molecule has 6 nitrogen and oxygen atoms in total. The van der Waals surface area contributed by atoms with Crippen LogP contribution in [0, 0.1) is 22.0 Å². The fourth-order valence-electron chi connectivity index (χ4n) is 2.74. The second kappa shape index (κ2) is 6.87. The third kappa shape index (κ3) is 3.71. The Balaban J connectivity index is 1.99. The van der Waals surface area contributed by atoms with Crippen LogP contribution in [0.5, 0.6) is 0 Å².